The fourth-order valence-corrected chi connectivity index (χ4v) is 2.82. The molecule has 1 atom stereocenters. The third-order valence-corrected chi connectivity index (χ3v) is 4.27. The lowest BCUT2D eigenvalue weighted by Crippen LogP contribution is -2.53. The molecule has 1 saturated carbocycles. The molecule has 1 aromatic carbocycles. The van der Waals surface area contributed by atoms with Crippen LogP contribution in [0.1, 0.15) is 38.2 Å². The monoisotopic (exact) mass is 332 g/mol. The van der Waals surface area contributed by atoms with Crippen molar-refractivity contribution < 1.29 is 19.5 Å². The standard InChI is InChI=1S/C18H24N2O4/c1-2-6-15(17(22)19-14-10-13(11-14)18(23)24)20-16(21)9-12-7-4-3-5-8-12/h3-5,7-8,13-15H,2,6,9-11H2,1H3,(H,19,22)(H,20,21)(H,23,24). The van der Waals surface area contributed by atoms with E-state index in [1.807, 2.05) is 37.3 Å². The minimum absolute atomic E-state index is 0.107. The summed E-state index contributed by atoms with van der Waals surface area (Å²) in [5.41, 5.74) is 0.897. The van der Waals surface area contributed by atoms with Crippen molar-refractivity contribution in [2.75, 3.05) is 0 Å². The number of carbonyl (C=O) groups is 3. The van der Waals surface area contributed by atoms with Gasteiger partial charge in [-0.15, -0.1) is 0 Å². The first-order chi connectivity index (χ1) is 11.5. The number of hydrogen-bond acceptors (Lipinski definition) is 3. The fourth-order valence-electron chi connectivity index (χ4n) is 2.82. The molecule has 1 fully saturated rings. The maximum absolute atomic E-state index is 12.3. The first kappa shape index (κ1) is 18.0. The number of nitrogens with one attached hydrogen (secondary N) is 2. The van der Waals surface area contributed by atoms with Crippen LogP contribution in [0.4, 0.5) is 0 Å². The molecule has 1 aliphatic carbocycles. The Morgan fingerprint density at radius 1 is 1.21 bits per heavy atom. The Bertz CT molecular complexity index is 582. The minimum atomic E-state index is -0.818. The van der Waals surface area contributed by atoms with E-state index in [4.69, 9.17) is 5.11 Å². The molecule has 0 bridgehead atoms. The van der Waals surface area contributed by atoms with Crippen LogP contribution in [0.15, 0.2) is 30.3 Å². The van der Waals surface area contributed by atoms with E-state index in [0.717, 1.165) is 12.0 Å². The molecule has 2 rings (SSSR count). The highest BCUT2D eigenvalue weighted by Crippen LogP contribution is 2.27. The SMILES string of the molecule is CCCC(NC(=O)Cc1ccccc1)C(=O)NC1CC(C(=O)O)C1. The molecule has 1 aromatic rings. The summed E-state index contributed by atoms with van der Waals surface area (Å²) in [6, 6.07) is 8.68. The second-order valence-electron chi connectivity index (χ2n) is 6.28. The quantitative estimate of drug-likeness (QED) is 0.672. The Hall–Kier alpha value is -2.37. The second-order valence-corrected chi connectivity index (χ2v) is 6.28. The highest BCUT2D eigenvalue weighted by atomic mass is 16.4. The first-order valence-electron chi connectivity index (χ1n) is 8.36. The number of carboxylic acid groups (broad SMARTS) is 1. The normalized spacial score (nSPS) is 20.5. The molecule has 130 valence electrons. The molecule has 6 nitrogen and oxygen atoms in total. The molecule has 1 unspecified atom stereocenters. The van der Waals surface area contributed by atoms with Crippen molar-refractivity contribution in [1.29, 1.82) is 0 Å². The van der Waals surface area contributed by atoms with E-state index < -0.39 is 12.0 Å². The zero-order chi connectivity index (χ0) is 17.5. The number of aliphatic carboxylic acids is 1. The summed E-state index contributed by atoms with van der Waals surface area (Å²) in [7, 11) is 0. The minimum Gasteiger partial charge on any atom is -0.481 e. The molecule has 3 N–H and O–H groups in total. The van der Waals surface area contributed by atoms with Crippen molar-refractivity contribution in [3.8, 4) is 0 Å². The summed E-state index contributed by atoms with van der Waals surface area (Å²) in [4.78, 5) is 35.3. The van der Waals surface area contributed by atoms with Gasteiger partial charge in [-0.2, -0.15) is 0 Å². The van der Waals surface area contributed by atoms with Gasteiger partial charge in [0, 0.05) is 6.04 Å². The van der Waals surface area contributed by atoms with Gasteiger partial charge in [0.15, 0.2) is 0 Å². The summed E-state index contributed by atoms with van der Waals surface area (Å²) >= 11 is 0. The Balaban J connectivity index is 1.83. The predicted octanol–water partition coefficient (Wildman–Crippen LogP) is 1.49. The van der Waals surface area contributed by atoms with Crippen LogP contribution >= 0.6 is 0 Å². The van der Waals surface area contributed by atoms with E-state index in [9.17, 15) is 14.4 Å². The largest absolute Gasteiger partial charge is 0.481 e. The summed E-state index contributed by atoms with van der Waals surface area (Å²) < 4.78 is 0. The van der Waals surface area contributed by atoms with Crippen molar-refractivity contribution in [3.63, 3.8) is 0 Å². The lowest BCUT2D eigenvalue weighted by atomic mass is 9.80. The Morgan fingerprint density at radius 3 is 2.46 bits per heavy atom. The molecule has 0 saturated heterocycles. The number of benzene rings is 1. The van der Waals surface area contributed by atoms with Crippen LogP contribution in [-0.4, -0.2) is 35.0 Å². The van der Waals surface area contributed by atoms with Crippen LogP contribution in [0.2, 0.25) is 0 Å². The third-order valence-electron chi connectivity index (χ3n) is 4.27. The fraction of sp³-hybridized carbons (Fsp3) is 0.500. The number of carboxylic acids is 1. The van der Waals surface area contributed by atoms with Gasteiger partial charge in [-0.3, -0.25) is 14.4 Å². The van der Waals surface area contributed by atoms with Gasteiger partial charge < -0.3 is 15.7 Å². The van der Waals surface area contributed by atoms with E-state index in [1.54, 1.807) is 0 Å². The van der Waals surface area contributed by atoms with E-state index in [1.165, 1.54) is 0 Å². The van der Waals surface area contributed by atoms with Gasteiger partial charge >= 0.3 is 5.97 Å². The molecule has 24 heavy (non-hydrogen) atoms. The van der Waals surface area contributed by atoms with Crippen LogP contribution < -0.4 is 10.6 Å². The van der Waals surface area contributed by atoms with Crippen molar-refractivity contribution in [2.45, 2.75) is 51.1 Å². The van der Waals surface area contributed by atoms with Gasteiger partial charge in [0.25, 0.3) is 0 Å². The smallest absolute Gasteiger partial charge is 0.306 e. The molecule has 0 radical (unpaired) electrons. The van der Waals surface area contributed by atoms with Crippen molar-refractivity contribution in [1.82, 2.24) is 10.6 Å². The zero-order valence-corrected chi connectivity index (χ0v) is 13.8. The molecular formula is C18H24N2O4. The van der Waals surface area contributed by atoms with Gasteiger partial charge in [0.2, 0.25) is 11.8 Å². The summed E-state index contributed by atoms with van der Waals surface area (Å²) in [6.07, 6.45) is 2.47. The van der Waals surface area contributed by atoms with Crippen LogP contribution in [0, 0.1) is 5.92 Å². The number of hydrogen-bond donors (Lipinski definition) is 3. The summed E-state index contributed by atoms with van der Waals surface area (Å²) in [5.74, 6) is -1.60. The lowest BCUT2D eigenvalue weighted by molar-refractivity contribution is -0.146. The van der Waals surface area contributed by atoms with E-state index in [-0.39, 0.29) is 30.2 Å². The Kier molecular flexibility index (Phi) is 6.35. The maximum atomic E-state index is 12.3. The molecule has 6 heteroatoms. The average Bonchev–Trinajstić information content (AvgIpc) is 2.50. The summed E-state index contributed by atoms with van der Waals surface area (Å²) in [6.45, 7) is 1.95. The number of carbonyl (C=O) groups excluding carboxylic acids is 2. The van der Waals surface area contributed by atoms with Crippen LogP contribution in [0.25, 0.3) is 0 Å². The molecule has 2 amide bonds. The number of amides is 2. The van der Waals surface area contributed by atoms with E-state index in [2.05, 4.69) is 10.6 Å². The van der Waals surface area contributed by atoms with Gasteiger partial charge in [-0.25, -0.2) is 0 Å². The molecule has 0 aromatic heterocycles. The third kappa shape index (κ3) is 5.08. The second kappa shape index (κ2) is 8.47. The van der Waals surface area contributed by atoms with E-state index in [0.29, 0.717) is 19.3 Å². The molecular weight excluding hydrogens is 308 g/mol. The van der Waals surface area contributed by atoms with Crippen molar-refractivity contribution in [2.24, 2.45) is 5.92 Å². The van der Waals surface area contributed by atoms with Crippen molar-refractivity contribution >= 4 is 17.8 Å². The highest BCUT2D eigenvalue weighted by Gasteiger charge is 2.36. The Morgan fingerprint density at radius 2 is 1.88 bits per heavy atom. The first-order valence-corrected chi connectivity index (χ1v) is 8.36. The Labute approximate surface area is 141 Å². The lowest BCUT2D eigenvalue weighted by Gasteiger charge is -2.34. The number of rotatable bonds is 8. The summed E-state index contributed by atoms with van der Waals surface area (Å²) in [5, 5.41) is 14.5. The maximum Gasteiger partial charge on any atom is 0.306 e. The van der Waals surface area contributed by atoms with Crippen LogP contribution in [0.5, 0.6) is 0 Å². The highest BCUT2D eigenvalue weighted by molar-refractivity contribution is 5.88. The topological polar surface area (TPSA) is 95.5 Å². The van der Waals surface area contributed by atoms with Gasteiger partial charge in [-0.1, -0.05) is 43.7 Å². The van der Waals surface area contributed by atoms with Gasteiger partial charge in [0.1, 0.15) is 6.04 Å². The molecule has 1 aliphatic rings. The van der Waals surface area contributed by atoms with Gasteiger partial charge in [-0.05, 0) is 24.8 Å². The molecule has 0 heterocycles. The van der Waals surface area contributed by atoms with E-state index >= 15 is 0 Å². The van der Waals surface area contributed by atoms with Crippen LogP contribution in [-0.2, 0) is 20.8 Å². The predicted molar refractivity (Wildman–Crippen MR) is 89.3 cm³/mol. The van der Waals surface area contributed by atoms with Gasteiger partial charge in [0.05, 0.1) is 12.3 Å². The molecule has 0 aliphatic heterocycles. The average molecular weight is 332 g/mol. The molecule has 0 spiro atoms. The van der Waals surface area contributed by atoms with Crippen molar-refractivity contribution in [3.05, 3.63) is 35.9 Å². The zero-order valence-electron chi connectivity index (χ0n) is 13.8. The van der Waals surface area contributed by atoms with Crippen LogP contribution in [0.3, 0.4) is 0 Å².